The number of carbonyl (C=O) groups excluding carboxylic acids is 1. The molecule has 25 heavy (non-hydrogen) atoms. The van der Waals surface area contributed by atoms with Gasteiger partial charge in [0.15, 0.2) is 17.3 Å². The van der Waals surface area contributed by atoms with Crippen LogP contribution in [0.4, 0.5) is 4.39 Å². The number of aliphatic hydroxyl groups excluding tert-OH is 1. The second kappa shape index (κ2) is 7.23. The van der Waals surface area contributed by atoms with Crippen LogP contribution in [-0.4, -0.2) is 46.3 Å². The highest BCUT2D eigenvalue weighted by molar-refractivity contribution is 5.92. The maximum Gasteiger partial charge on any atom is 0.274 e. The SMILES string of the molecule is CN(CC1(CO)CCC1)C(=O)c1cc(COc2ccccc2F)[nH]n1. The first kappa shape index (κ1) is 17.4. The van der Waals surface area contributed by atoms with Crippen molar-refractivity contribution in [1.29, 1.82) is 0 Å². The number of halogens is 1. The van der Waals surface area contributed by atoms with Gasteiger partial charge in [0, 0.05) is 19.0 Å². The van der Waals surface area contributed by atoms with Crippen LogP contribution in [0.15, 0.2) is 30.3 Å². The van der Waals surface area contributed by atoms with Crippen LogP contribution in [-0.2, 0) is 6.61 Å². The molecule has 1 saturated carbocycles. The Morgan fingerprint density at radius 1 is 1.44 bits per heavy atom. The molecular weight excluding hydrogens is 325 g/mol. The number of hydrogen-bond acceptors (Lipinski definition) is 4. The van der Waals surface area contributed by atoms with Gasteiger partial charge in [-0.05, 0) is 31.0 Å². The van der Waals surface area contributed by atoms with Crippen LogP contribution in [0.2, 0.25) is 0 Å². The number of amides is 1. The molecule has 0 saturated heterocycles. The average molecular weight is 347 g/mol. The number of H-pyrrole nitrogens is 1. The second-order valence-corrected chi connectivity index (χ2v) is 6.67. The fraction of sp³-hybridized carbons (Fsp3) is 0.444. The van der Waals surface area contributed by atoms with Crippen LogP contribution in [0.25, 0.3) is 0 Å². The van der Waals surface area contributed by atoms with Crippen molar-refractivity contribution in [3.05, 3.63) is 47.5 Å². The Labute approximate surface area is 145 Å². The molecule has 7 heteroatoms. The summed E-state index contributed by atoms with van der Waals surface area (Å²) in [5.41, 5.74) is 0.694. The van der Waals surface area contributed by atoms with Crippen LogP contribution in [0, 0.1) is 11.2 Å². The van der Waals surface area contributed by atoms with Crippen molar-refractivity contribution in [3.8, 4) is 5.75 Å². The van der Waals surface area contributed by atoms with Crippen LogP contribution in [0.3, 0.4) is 0 Å². The number of aromatic nitrogens is 2. The van der Waals surface area contributed by atoms with Gasteiger partial charge in [0.2, 0.25) is 0 Å². The Hall–Kier alpha value is -2.41. The van der Waals surface area contributed by atoms with E-state index in [2.05, 4.69) is 10.2 Å². The zero-order valence-electron chi connectivity index (χ0n) is 14.2. The van der Waals surface area contributed by atoms with E-state index < -0.39 is 5.82 Å². The predicted molar refractivity (Wildman–Crippen MR) is 89.7 cm³/mol. The number of nitrogens with one attached hydrogen (secondary N) is 1. The van der Waals surface area contributed by atoms with E-state index >= 15 is 0 Å². The summed E-state index contributed by atoms with van der Waals surface area (Å²) in [6, 6.07) is 7.74. The van der Waals surface area contributed by atoms with Gasteiger partial charge in [0.1, 0.15) is 6.61 Å². The van der Waals surface area contributed by atoms with Gasteiger partial charge in [-0.3, -0.25) is 9.89 Å². The molecular formula is C18H22FN3O3. The molecule has 1 heterocycles. The first-order chi connectivity index (χ1) is 12.0. The zero-order valence-corrected chi connectivity index (χ0v) is 14.2. The number of ether oxygens (including phenoxy) is 1. The lowest BCUT2D eigenvalue weighted by Crippen LogP contribution is -2.45. The monoisotopic (exact) mass is 347 g/mol. The number of rotatable bonds is 7. The molecule has 0 unspecified atom stereocenters. The summed E-state index contributed by atoms with van der Waals surface area (Å²) in [6.45, 7) is 0.689. The molecule has 0 spiro atoms. The van der Waals surface area contributed by atoms with E-state index in [1.54, 1.807) is 36.2 Å². The topological polar surface area (TPSA) is 78.5 Å². The third-order valence-corrected chi connectivity index (χ3v) is 4.74. The molecule has 134 valence electrons. The van der Waals surface area contributed by atoms with Gasteiger partial charge in [-0.15, -0.1) is 0 Å². The summed E-state index contributed by atoms with van der Waals surface area (Å²) in [7, 11) is 1.71. The first-order valence-electron chi connectivity index (χ1n) is 8.31. The lowest BCUT2D eigenvalue weighted by Gasteiger charge is -2.42. The molecule has 1 fully saturated rings. The number of carbonyl (C=O) groups is 1. The number of hydrogen-bond donors (Lipinski definition) is 2. The Balaban J connectivity index is 1.58. The summed E-state index contributed by atoms with van der Waals surface area (Å²) in [6.07, 6.45) is 2.95. The molecule has 3 rings (SSSR count). The number of para-hydroxylation sites is 1. The highest BCUT2D eigenvalue weighted by Gasteiger charge is 2.38. The smallest absolute Gasteiger partial charge is 0.274 e. The van der Waals surface area contributed by atoms with E-state index in [0.717, 1.165) is 19.3 Å². The largest absolute Gasteiger partial charge is 0.484 e. The van der Waals surface area contributed by atoms with Gasteiger partial charge in [-0.25, -0.2) is 4.39 Å². The van der Waals surface area contributed by atoms with Gasteiger partial charge in [0.05, 0.1) is 12.3 Å². The van der Waals surface area contributed by atoms with Crippen LogP contribution in [0.1, 0.15) is 35.4 Å². The lowest BCUT2D eigenvalue weighted by atomic mass is 9.69. The first-order valence-corrected chi connectivity index (χ1v) is 8.31. The number of nitrogens with zero attached hydrogens (tertiary/aromatic N) is 2. The zero-order chi connectivity index (χ0) is 17.9. The summed E-state index contributed by atoms with van der Waals surface area (Å²) < 4.78 is 18.9. The standard InChI is InChI=1S/C18H22FN3O3/c1-22(11-18(12-23)7-4-8-18)17(24)15-9-13(20-21-15)10-25-16-6-3-2-5-14(16)19/h2-3,5-6,9,23H,4,7-8,10-12H2,1H3,(H,20,21). The van der Waals surface area contributed by atoms with E-state index in [1.165, 1.54) is 6.07 Å². The maximum absolute atomic E-state index is 13.5. The number of aromatic amines is 1. The van der Waals surface area contributed by atoms with Gasteiger partial charge < -0.3 is 14.7 Å². The summed E-state index contributed by atoms with van der Waals surface area (Å²) in [5.74, 6) is -0.502. The van der Waals surface area contributed by atoms with Crippen LogP contribution >= 0.6 is 0 Å². The summed E-state index contributed by atoms with van der Waals surface area (Å²) in [4.78, 5) is 14.1. The number of benzene rings is 1. The molecule has 0 radical (unpaired) electrons. The molecule has 1 aliphatic carbocycles. The molecule has 1 aromatic heterocycles. The minimum absolute atomic E-state index is 0.0888. The van der Waals surface area contributed by atoms with Gasteiger partial charge in [-0.1, -0.05) is 18.6 Å². The van der Waals surface area contributed by atoms with Crippen LogP contribution < -0.4 is 4.74 Å². The minimum atomic E-state index is -0.437. The molecule has 0 atom stereocenters. The Bertz CT molecular complexity index is 737. The quantitative estimate of drug-likeness (QED) is 0.806. The van der Waals surface area contributed by atoms with Crippen molar-refractivity contribution in [2.75, 3.05) is 20.2 Å². The fourth-order valence-corrected chi connectivity index (χ4v) is 3.08. The molecule has 2 N–H and O–H groups in total. The van der Waals surface area contributed by atoms with Crippen LogP contribution in [0.5, 0.6) is 5.75 Å². The van der Waals surface area contributed by atoms with Gasteiger partial charge in [-0.2, -0.15) is 5.10 Å². The maximum atomic E-state index is 13.5. The highest BCUT2D eigenvalue weighted by Crippen LogP contribution is 2.40. The predicted octanol–water partition coefficient (Wildman–Crippen LogP) is 2.36. The third kappa shape index (κ3) is 3.82. The van der Waals surface area contributed by atoms with E-state index in [0.29, 0.717) is 12.2 Å². The third-order valence-electron chi connectivity index (χ3n) is 4.74. The number of aliphatic hydroxyl groups is 1. The van der Waals surface area contributed by atoms with Gasteiger partial charge in [0.25, 0.3) is 5.91 Å². The molecule has 1 amide bonds. The fourth-order valence-electron chi connectivity index (χ4n) is 3.08. The van der Waals surface area contributed by atoms with Crippen molar-refractivity contribution >= 4 is 5.91 Å². The molecule has 0 aliphatic heterocycles. The summed E-state index contributed by atoms with van der Waals surface area (Å²) in [5, 5.41) is 16.3. The highest BCUT2D eigenvalue weighted by atomic mass is 19.1. The average Bonchev–Trinajstić information content (AvgIpc) is 3.05. The molecule has 6 nitrogen and oxygen atoms in total. The van der Waals surface area contributed by atoms with Crippen molar-refractivity contribution < 1.29 is 19.0 Å². The van der Waals surface area contributed by atoms with E-state index in [9.17, 15) is 14.3 Å². The Morgan fingerprint density at radius 2 is 2.20 bits per heavy atom. The summed E-state index contributed by atoms with van der Waals surface area (Å²) >= 11 is 0. The molecule has 2 aromatic rings. The van der Waals surface area contributed by atoms with E-state index in [-0.39, 0.29) is 36.0 Å². The molecule has 1 aliphatic rings. The van der Waals surface area contributed by atoms with E-state index in [1.807, 2.05) is 0 Å². The van der Waals surface area contributed by atoms with Crippen molar-refractivity contribution in [2.45, 2.75) is 25.9 Å². The minimum Gasteiger partial charge on any atom is -0.484 e. The van der Waals surface area contributed by atoms with Crippen molar-refractivity contribution in [1.82, 2.24) is 15.1 Å². The molecule has 0 bridgehead atoms. The molecule has 1 aromatic carbocycles. The lowest BCUT2D eigenvalue weighted by molar-refractivity contribution is 0.0144. The van der Waals surface area contributed by atoms with Crippen molar-refractivity contribution in [3.63, 3.8) is 0 Å². The van der Waals surface area contributed by atoms with Gasteiger partial charge >= 0.3 is 0 Å². The Morgan fingerprint density at radius 3 is 2.84 bits per heavy atom. The second-order valence-electron chi connectivity index (χ2n) is 6.67. The van der Waals surface area contributed by atoms with Crippen molar-refractivity contribution in [2.24, 2.45) is 5.41 Å². The normalized spacial score (nSPS) is 15.5. The Kier molecular flexibility index (Phi) is 5.03. The van der Waals surface area contributed by atoms with E-state index in [4.69, 9.17) is 4.74 Å².